The first-order valence-electron chi connectivity index (χ1n) is 8.87. The van der Waals surface area contributed by atoms with Gasteiger partial charge in [-0.15, -0.1) is 0 Å². The van der Waals surface area contributed by atoms with Crippen LogP contribution in [-0.2, 0) is 12.6 Å². The smallest absolute Gasteiger partial charge is 0.416 e. The molecule has 2 aromatic carbocycles. The third-order valence-corrected chi connectivity index (χ3v) is 4.16. The number of rotatable bonds is 6. The largest absolute Gasteiger partial charge is 0.479 e. The number of aryl methyl sites for hydroxylation is 1. The molecule has 0 aliphatic heterocycles. The number of unbranched alkanes of at least 4 members (excludes halogenated alkanes) is 1. The maximum Gasteiger partial charge on any atom is 0.416 e. The number of aromatic hydroxyl groups is 1. The average Bonchev–Trinajstić information content (AvgIpc) is 3.05. The third-order valence-electron chi connectivity index (χ3n) is 4.16. The number of oxazole rings is 1. The molecular weight excluding hydrogens is 369 g/mol. The number of hydrogen-bond acceptors (Lipinski definition) is 4. The minimum absolute atomic E-state index is 0.0440. The number of alkyl halides is 3. The Bertz CT molecular complexity index is 961. The van der Waals surface area contributed by atoms with E-state index < -0.39 is 17.7 Å². The molecule has 0 aliphatic carbocycles. The van der Waals surface area contributed by atoms with E-state index in [0.717, 1.165) is 31.4 Å². The molecule has 3 aromatic rings. The molecule has 0 amide bonds. The van der Waals surface area contributed by atoms with Crippen molar-refractivity contribution in [1.82, 2.24) is 4.98 Å². The van der Waals surface area contributed by atoms with Gasteiger partial charge in [-0.1, -0.05) is 31.5 Å². The van der Waals surface area contributed by atoms with E-state index in [1.807, 2.05) is 24.3 Å². The van der Waals surface area contributed by atoms with Gasteiger partial charge in [-0.25, -0.2) is 4.98 Å². The Morgan fingerprint density at radius 1 is 1.14 bits per heavy atom. The van der Waals surface area contributed by atoms with Crippen LogP contribution in [0.15, 0.2) is 57.9 Å². The quantitative estimate of drug-likeness (QED) is 0.515. The molecule has 0 unspecified atom stereocenters. The SMILES string of the molecule is CCCCc1ccc(-c2nc(C=Nc3cccc(C(F)(F)F)c3)c(O)o2)cc1. The Balaban J connectivity index is 1.78. The molecule has 0 saturated heterocycles. The van der Waals surface area contributed by atoms with Crippen LogP contribution in [0.3, 0.4) is 0 Å². The molecular formula is C21H19F3N2O2. The first-order valence-corrected chi connectivity index (χ1v) is 8.87. The van der Waals surface area contributed by atoms with Gasteiger partial charge in [0.05, 0.1) is 17.5 Å². The highest BCUT2D eigenvalue weighted by Gasteiger charge is 2.30. The van der Waals surface area contributed by atoms with Crippen molar-refractivity contribution in [2.75, 3.05) is 0 Å². The maximum atomic E-state index is 12.8. The Morgan fingerprint density at radius 3 is 2.57 bits per heavy atom. The van der Waals surface area contributed by atoms with Gasteiger partial charge in [-0.05, 0) is 48.7 Å². The maximum absolute atomic E-state index is 12.8. The van der Waals surface area contributed by atoms with Crippen molar-refractivity contribution in [2.24, 2.45) is 4.99 Å². The molecule has 0 aliphatic rings. The van der Waals surface area contributed by atoms with Gasteiger partial charge in [0.25, 0.3) is 0 Å². The van der Waals surface area contributed by atoms with E-state index in [4.69, 9.17) is 4.42 Å². The molecule has 0 atom stereocenters. The van der Waals surface area contributed by atoms with Crippen molar-refractivity contribution in [3.8, 4) is 17.4 Å². The number of halogens is 3. The summed E-state index contributed by atoms with van der Waals surface area (Å²) in [7, 11) is 0. The fraction of sp³-hybridized carbons (Fsp3) is 0.238. The van der Waals surface area contributed by atoms with Gasteiger partial charge < -0.3 is 9.52 Å². The van der Waals surface area contributed by atoms with Gasteiger partial charge >= 0.3 is 12.1 Å². The highest BCUT2D eigenvalue weighted by Crippen LogP contribution is 2.31. The minimum atomic E-state index is -4.45. The first kappa shape index (κ1) is 19.7. The lowest BCUT2D eigenvalue weighted by molar-refractivity contribution is -0.137. The van der Waals surface area contributed by atoms with Crippen LogP contribution in [0.5, 0.6) is 5.95 Å². The van der Waals surface area contributed by atoms with Gasteiger partial charge in [0.15, 0.2) is 5.69 Å². The second-order valence-corrected chi connectivity index (χ2v) is 6.32. The molecule has 146 valence electrons. The summed E-state index contributed by atoms with van der Waals surface area (Å²) >= 11 is 0. The summed E-state index contributed by atoms with van der Waals surface area (Å²) < 4.78 is 43.6. The van der Waals surface area contributed by atoms with Crippen molar-refractivity contribution in [3.63, 3.8) is 0 Å². The lowest BCUT2D eigenvalue weighted by Gasteiger charge is -2.06. The van der Waals surface area contributed by atoms with Gasteiger partial charge in [-0.3, -0.25) is 4.99 Å². The average molecular weight is 388 g/mol. The molecule has 7 heteroatoms. The van der Waals surface area contributed by atoms with Crippen LogP contribution in [0, 0.1) is 0 Å². The minimum Gasteiger partial charge on any atom is -0.479 e. The Labute approximate surface area is 160 Å². The number of aromatic nitrogens is 1. The van der Waals surface area contributed by atoms with Crippen molar-refractivity contribution in [3.05, 3.63) is 65.4 Å². The van der Waals surface area contributed by atoms with Crippen LogP contribution in [0.25, 0.3) is 11.5 Å². The molecule has 28 heavy (non-hydrogen) atoms. The van der Waals surface area contributed by atoms with Gasteiger partial charge in [0, 0.05) is 5.56 Å². The number of nitrogens with zero attached hydrogens (tertiary/aromatic N) is 2. The standard InChI is InChI=1S/C21H19F3N2O2/c1-2-3-5-14-8-10-15(11-9-14)19-26-18(20(27)28-19)13-25-17-7-4-6-16(12-17)21(22,23)24/h4,6-13,27H,2-3,5H2,1H3. The summed E-state index contributed by atoms with van der Waals surface area (Å²) in [6.45, 7) is 2.13. The van der Waals surface area contributed by atoms with E-state index in [0.29, 0.717) is 5.56 Å². The topological polar surface area (TPSA) is 58.6 Å². The summed E-state index contributed by atoms with van der Waals surface area (Å²) in [5.41, 5.74) is 1.24. The molecule has 3 rings (SSSR count). The second-order valence-electron chi connectivity index (χ2n) is 6.32. The first-order chi connectivity index (χ1) is 13.4. The van der Waals surface area contributed by atoms with E-state index in [1.54, 1.807) is 0 Å². The molecule has 0 bridgehead atoms. The van der Waals surface area contributed by atoms with Crippen molar-refractivity contribution in [2.45, 2.75) is 32.4 Å². The summed E-state index contributed by atoms with van der Waals surface area (Å²) in [6.07, 6.45) is -0.0623. The molecule has 0 spiro atoms. The van der Waals surface area contributed by atoms with E-state index in [-0.39, 0.29) is 17.3 Å². The zero-order valence-electron chi connectivity index (χ0n) is 15.2. The van der Waals surface area contributed by atoms with Gasteiger partial charge in [0.2, 0.25) is 5.89 Å². The zero-order valence-corrected chi connectivity index (χ0v) is 15.2. The van der Waals surface area contributed by atoms with Crippen LogP contribution in [0.4, 0.5) is 18.9 Å². The second kappa shape index (κ2) is 8.29. The van der Waals surface area contributed by atoms with Gasteiger partial charge in [0.1, 0.15) is 0 Å². The summed E-state index contributed by atoms with van der Waals surface area (Å²) in [5, 5.41) is 9.92. The van der Waals surface area contributed by atoms with Crippen LogP contribution in [0.1, 0.15) is 36.6 Å². The number of benzene rings is 2. The zero-order chi connectivity index (χ0) is 20.1. The normalized spacial score (nSPS) is 12.0. The third kappa shape index (κ3) is 4.79. The molecule has 1 N–H and O–H groups in total. The molecule has 0 fully saturated rings. The van der Waals surface area contributed by atoms with Crippen LogP contribution in [-0.4, -0.2) is 16.3 Å². The highest BCUT2D eigenvalue weighted by atomic mass is 19.4. The van der Waals surface area contributed by atoms with E-state index in [9.17, 15) is 18.3 Å². The van der Waals surface area contributed by atoms with E-state index >= 15 is 0 Å². The molecule has 1 heterocycles. The van der Waals surface area contributed by atoms with Crippen LogP contribution < -0.4 is 0 Å². The fourth-order valence-electron chi connectivity index (χ4n) is 2.62. The van der Waals surface area contributed by atoms with Gasteiger partial charge in [-0.2, -0.15) is 13.2 Å². The van der Waals surface area contributed by atoms with Crippen molar-refractivity contribution >= 4 is 11.9 Å². The summed E-state index contributed by atoms with van der Waals surface area (Å²) in [4.78, 5) is 8.13. The molecule has 4 nitrogen and oxygen atoms in total. The van der Waals surface area contributed by atoms with Crippen molar-refractivity contribution < 1.29 is 22.7 Å². The Hall–Kier alpha value is -3.09. The molecule has 0 saturated carbocycles. The van der Waals surface area contributed by atoms with Crippen molar-refractivity contribution in [1.29, 1.82) is 0 Å². The van der Waals surface area contributed by atoms with E-state index in [2.05, 4.69) is 16.9 Å². The van der Waals surface area contributed by atoms with Crippen LogP contribution in [0.2, 0.25) is 0 Å². The fourth-order valence-corrected chi connectivity index (χ4v) is 2.62. The van der Waals surface area contributed by atoms with Crippen LogP contribution >= 0.6 is 0 Å². The lowest BCUT2D eigenvalue weighted by atomic mass is 10.1. The predicted molar refractivity (Wildman–Crippen MR) is 101 cm³/mol. The molecule has 1 aromatic heterocycles. The summed E-state index contributed by atoms with van der Waals surface area (Å²) in [5.74, 6) is -0.231. The highest BCUT2D eigenvalue weighted by molar-refractivity contribution is 5.83. The summed E-state index contributed by atoms with van der Waals surface area (Å²) in [6, 6.07) is 12.2. The number of hydrogen-bond donors (Lipinski definition) is 1. The monoisotopic (exact) mass is 388 g/mol. The Morgan fingerprint density at radius 2 is 1.89 bits per heavy atom. The molecule has 0 radical (unpaired) electrons. The number of aliphatic imine (C=N–C) groups is 1. The Kier molecular flexibility index (Phi) is 5.82. The lowest BCUT2D eigenvalue weighted by Crippen LogP contribution is -2.03. The predicted octanol–water partition coefficient (Wildman–Crippen LogP) is 6.16. The van der Waals surface area contributed by atoms with E-state index in [1.165, 1.54) is 23.9 Å².